The Bertz CT molecular complexity index is 485. The summed E-state index contributed by atoms with van der Waals surface area (Å²) in [5.41, 5.74) is 1.02. The molecule has 2 rings (SSSR count). The highest BCUT2D eigenvalue weighted by Crippen LogP contribution is 2.32. The van der Waals surface area contributed by atoms with Crippen LogP contribution in [0.2, 0.25) is 5.02 Å². The van der Waals surface area contributed by atoms with E-state index in [0.717, 1.165) is 23.3 Å². The van der Waals surface area contributed by atoms with E-state index in [1.54, 1.807) is 13.8 Å². The Kier molecular flexibility index (Phi) is 3.50. The molecule has 0 atom stereocenters. The zero-order chi connectivity index (χ0) is 13.3. The SMILES string of the molecule is CC(C)(NCc1cc(Cl)cc2c1OCC2)C(=O)O. The number of fused-ring (bicyclic) bond motifs is 1. The van der Waals surface area contributed by atoms with Gasteiger partial charge < -0.3 is 9.84 Å². The highest BCUT2D eigenvalue weighted by Gasteiger charge is 2.27. The van der Waals surface area contributed by atoms with Gasteiger partial charge in [-0.1, -0.05) is 11.6 Å². The van der Waals surface area contributed by atoms with Crippen LogP contribution in [0.4, 0.5) is 0 Å². The number of nitrogens with one attached hydrogen (secondary N) is 1. The average molecular weight is 270 g/mol. The molecule has 0 aliphatic carbocycles. The zero-order valence-corrected chi connectivity index (χ0v) is 11.2. The van der Waals surface area contributed by atoms with E-state index in [9.17, 15) is 4.79 Å². The molecule has 0 saturated carbocycles. The number of rotatable bonds is 4. The van der Waals surface area contributed by atoms with E-state index in [1.165, 1.54) is 0 Å². The van der Waals surface area contributed by atoms with E-state index in [0.29, 0.717) is 18.2 Å². The second-order valence-electron chi connectivity index (χ2n) is 4.94. The molecule has 2 N–H and O–H groups in total. The van der Waals surface area contributed by atoms with Crippen molar-refractivity contribution >= 4 is 17.6 Å². The second-order valence-corrected chi connectivity index (χ2v) is 5.37. The lowest BCUT2D eigenvalue weighted by Gasteiger charge is -2.21. The highest BCUT2D eigenvalue weighted by molar-refractivity contribution is 6.30. The average Bonchev–Trinajstić information content (AvgIpc) is 2.73. The van der Waals surface area contributed by atoms with Crippen molar-refractivity contribution in [3.63, 3.8) is 0 Å². The lowest BCUT2D eigenvalue weighted by atomic mass is 10.0. The maximum Gasteiger partial charge on any atom is 0.323 e. The molecule has 0 unspecified atom stereocenters. The second kappa shape index (κ2) is 4.78. The molecule has 1 aliphatic rings. The molecule has 0 bridgehead atoms. The maximum absolute atomic E-state index is 11.0. The van der Waals surface area contributed by atoms with E-state index < -0.39 is 11.5 Å². The van der Waals surface area contributed by atoms with Crippen LogP contribution < -0.4 is 10.1 Å². The molecule has 98 valence electrons. The van der Waals surface area contributed by atoms with Crippen LogP contribution in [0.3, 0.4) is 0 Å². The molecule has 0 radical (unpaired) electrons. The Hall–Kier alpha value is -1.26. The highest BCUT2D eigenvalue weighted by atomic mass is 35.5. The number of carbonyl (C=O) groups is 1. The fourth-order valence-electron chi connectivity index (χ4n) is 1.87. The molecule has 18 heavy (non-hydrogen) atoms. The van der Waals surface area contributed by atoms with Gasteiger partial charge >= 0.3 is 5.97 Å². The van der Waals surface area contributed by atoms with E-state index in [1.807, 2.05) is 12.1 Å². The third-order valence-corrected chi connectivity index (χ3v) is 3.30. The van der Waals surface area contributed by atoms with Gasteiger partial charge in [-0.05, 0) is 31.5 Å². The largest absolute Gasteiger partial charge is 0.493 e. The van der Waals surface area contributed by atoms with Gasteiger partial charge in [-0.25, -0.2) is 0 Å². The van der Waals surface area contributed by atoms with Crippen LogP contribution >= 0.6 is 11.6 Å². The van der Waals surface area contributed by atoms with Crippen LogP contribution in [0, 0.1) is 0 Å². The molecule has 0 fully saturated rings. The van der Waals surface area contributed by atoms with Crippen molar-refractivity contribution < 1.29 is 14.6 Å². The molecular formula is C13H16ClNO3. The number of benzene rings is 1. The van der Waals surface area contributed by atoms with Gasteiger partial charge in [0.1, 0.15) is 11.3 Å². The summed E-state index contributed by atoms with van der Waals surface area (Å²) >= 11 is 6.04. The van der Waals surface area contributed by atoms with Crippen molar-refractivity contribution in [2.75, 3.05) is 6.61 Å². The number of carboxylic acids is 1. The summed E-state index contributed by atoms with van der Waals surface area (Å²) in [5.74, 6) is -0.0461. The van der Waals surface area contributed by atoms with Crippen LogP contribution in [0.15, 0.2) is 12.1 Å². The van der Waals surface area contributed by atoms with E-state index in [4.69, 9.17) is 21.4 Å². The summed E-state index contributed by atoms with van der Waals surface area (Å²) in [4.78, 5) is 11.0. The van der Waals surface area contributed by atoms with Crippen LogP contribution in [-0.4, -0.2) is 23.2 Å². The van der Waals surface area contributed by atoms with Gasteiger partial charge in [0, 0.05) is 23.6 Å². The van der Waals surface area contributed by atoms with Crippen LogP contribution in [-0.2, 0) is 17.8 Å². The topological polar surface area (TPSA) is 58.6 Å². The monoisotopic (exact) mass is 269 g/mol. The van der Waals surface area contributed by atoms with Crippen LogP contribution in [0.1, 0.15) is 25.0 Å². The normalized spacial score (nSPS) is 14.2. The van der Waals surface area contributed by atoms with E-state index >= 15 is 0 Å². The first-order valence-corrected chi connectivity index (χ1v) is 6.20. The lowest BCUT2D eigenvalue weighted by Crippen LogP contribution is -2.46. The maximum atomic E-state index is 11.0. The van der Waals surface area contributed by atoms with Crippen molar-refractivity contribution in [1.29, 1.82) is 0 Å². The summed E-state index contributed by atoms with van der Waals surface area (Å²) in [5, 5.41) is 12.7. The van der Waals surface area contributed by atoms with Gasteiger partial charge in [-0.2, -0.15) is 0 Å². The Morgan fingerprint density at radius 2 is 2.28 bits per heavy atom. The van der Waals surface area contributed by atoms with Gasteiger partial charge in [0.05, 0.1) is 6.61 Å². The Morgan fingerprint density at radius 3 is 2.94 bits per heavy atom. The predicted molar refractivity (Wildman–Crippen MR) is 69.2 cm³/mol. The minimum atomic E-state index is -0.978. The Labute approximate surface area is 111 Å². The van der Waals surface area contributed by atoms with Crippen LogP contribution in [0.5, 0.6) is 5.75 Å². The van der Waals surface area contributed by atoms with Crippen LogP contribution in [0.25, 0.3) is 0 Å². The molecule has 1 aromatic rings. The fraction of sp³-hybridized carbons (Fsp3) is 0.462. The van der Waals surface area contributed by atoms with Crippen molar-refractivity contribution in [3.8, 4) is 5.75 Å². The summed E-state index contributed by atoms with van der Waals surface area (Å²) in [6.45, 7) is 4.33. The number of hydrogen-bond donors (Lipinski definition) is 2. The minimum absolute atomic E-state index is 0.419. The summed E-state index contributed by atoms with van der Waals surface area (Å²) in [6.07, 6.45) is 0.852. The predicted octanol–water partition coefficient (Wildman–Crippen LogP) is 2.23. The molecule has 1 aliphatic heterocycles. The van der Waals surface area contributed by atoms with Crippen molar-refractivity contribution in [1.82, 2.24) is 5.32 Å². The Morgan fingerprint density at radius 1 is 1.56 bits per heavy atom. The van der Waals surface area contributed by atoms with Gasteiger partial charge in [-0.3, -0.25) is 10.1 Å². The fourth-order valence-corrected chi connectivity index (χ4v) is 2.13. The van der Waals surface area contributed by atoms with Crippen molar-refractivity contribution in [3.05, 3.63) is 28.3 Å². The third-order valence-electron chi connectivity index (χ3n) is 3.08. The number of carboxylic acid groups (broad SMARTS) is 1. The number of halogens is 1. The molecule has 5 heteroatoms. The molecule has 0 amide bonds. The first kappa shape index (κ1) is 13.2. The molecule has 0 spiro atoms. The lowest BCUT2D eigenvalue weighted by molar-refractivity contribution is -0.143. The zero-order valence-electron chi connectivity index (χ0n) is 10.4. The molecule has 1 aromatic carbocycles. The number of hydrogen-bond acceptors (Lipinski definition) is 3. The van der Waals surface area contributed by atoms with Crippen molar-refractivity contribution in [2.24, 2.45) is 0 Å². The number of aliphatic carboxylic acids is 1. The van der Waals surface area contributed by atoms with Gasteiger partial charge in [0.15, 0.2) is 0 Å². The standard InChI is InChI=1S/C13H16ClNO3/c1-13(2,12(16)17)15-7-9-6-10(14)5-8-3-4-18-11(8)9/h5-6,15H,3-4,7H2,1-2H3,(H,16,17). The molecule has 4 nitrogen and oxygen atoms in total. The summed E-state index contributed by atoms with van der Waals surface area (Å²) in [6, 6.07) is 3.71. The van der Waals surface area contributed by atoms with E-state index in [-0.39, 0.29) is 0 Å². The van der Waals surface area contributed by atoms with Gasteiger partial charge in [0.25, 0.3) is 0 Å². The first-order valence-electron chi connectivity index (χ1n) is 5.82. The van der Waals surface area contributed by atoms with Gasteiger partial charge in [0.2, 0.25) is 0 Å². The molecule has 0 aromatic heterocycles. The smallest absolute Gasteiger partial charge is 0.323 e. The molecular weight excluding hydrogens is 254 g/mol. The van der Waals surface area contributed by atoms with Crippen molar-refractivity contribution in [2.45, 2.75) is 32.4 Å². The first-order chi connectivity index (χ1) is 8.40. The van der Waals surface area contributed by atoms with E-state index in [2.05, 4.69) is 5.32 Å². The number of ether oxygens (including phenoxy) is 1. The van der Waals surface area contributed by atoms with Gasteiger partial charge in [-0.15, -0.1) is 0 Å². The Balaban J connectivity index is 2.18. The molecule has 1 heterocycles. The minimum Gasteiger partial charge on any atom is -0.493 e. The molecule has 0 saturated heterocycles. The summed E-state index contributed by atoms with van der Waals surface area (Å²) < 4.78 is 5.56. The quantitative estimate of drug-likeness (QED) is 0.880. The summed E-state index contributed by atoms with van der Waals surface area (Å²) in [7, 11) is 0. The third kappa shape index (κ3) is 2.60.